The highest BCUT2D eigenvalue weighted by Gasteiger charge is 2.37. The van der Waals surface area contributed by atoms with Gasteiger partial charge < -0.3 is 4.74 Å². The fraction of sp³-hybridized carbons (Fsp3) is 0.0909. The summed E-state index contributed by atoms with van der Waals surface area (Å²) in [5.74, 6) is 0.768. The Kier molecular flexibility index (Phi) is 5.15. The van der Waals surface area contributed by atoms with Crippen LogP contribution in [-0.4, -0.2) is 15.2 Å². The minimum Gasteiger partial charge on any atom is -0.497 e. The highest BCUT2D eigenvalue weighted by Crippen LogP contribution is 2.28. The summed E-state index contributed by atoms with van der Waals surface area (Å²) in [6.07, 6.45) is 0.786. The lowest BCUT2D eigenvalue weighted by atomic mass is 10.2. The van der Waals surface area contributed by atoms with Gasteiger partial charge in [-0.25, -0.2) is 4.39 Å². The SMILES string of the molecule is COc1ccc(/C(=C\F)[Si](C)(c2ccccc2)c2ccccc2)cc1. The van der Waals surface area contributed by atoms with Gasteiger partial charge in [0.25, 0.3) is 0 Å². The van der Waals surface area contributed by atoms with Crippen molar-refractivity contribution >= 4 is 23.6 Å². The number of hydrogen-bond acceptors (Lipinski definition) is 1. The Labute approximate surface area is 149 Å². The third kappa shape index (κ3) is 3.28. The standard InChI is InChI=1S/C22H21FOSi/c1-24-19-15-13-18(14-16-19)22(17-23)25(2,20-9-5-3-6-10-20)21-11-7-4-8-12-21/h3-17H,1-2H3/b22-17+. The van der Waals surface area contributed by atoms with Crippen molar-refractivity contribution < 1.29 is 9.13 Å². The minimum atomic E-state index is -2.45. The van der Waals surface area contributed by atoms with Crippen LogP contribution in [0.2, 0.25) is 6.55 Å². The maximum atomic E-state index is 14.2. The molecule has 0 aliphatic heterocycles. The molecule has 0 aliphatic rings. The van der Waals surface area contributed by atoms with Gasteiger partial charge in [-0.05, 0) is 33.3 Å². The minimum absolute atomic E-state index is 0.757. The van der Waals surface area contributed by atoms with Crippen LogP contribution in [0.1, 0.15) is 5.56 Å². The summed E-state index contributed by atoms with van der Waals surface area (Å²) in [7, 11) is -0.822. The average Bonchev–Trinajstić information content (AvgIpc) is 2.70. The van der Waals surface area contributed by atoms with E-state index in [-0.39, 0.29) is 0 Å². The Morgan fingerprint density at radius 2 is 1.28 bits per heavy atom. The van der Waals surface area contributed by atoms with Gasteiger partial charge >= 0.3 is 0 Å². The van der Waals surface area contributed by atoms with E-state index in [0.29, 0.717) is 0 Å². The van der Waals surface area contributed by atoms with Crippen molar-refractivity contribution in [3.8, 4) is 5.75 Å². The second-order valence-corrected chi connectivity index (χ2v) is 10.1. The average molecular weight is 348 g/mol. The lowest BCUT2D eigenvalue weighted by Crippen LogP contribution is -2.56. The van der Waals surface area contributed by atoms with Crippen LogP contribution in [-0.2, 0) is 0 Å². The van der Waals surface area contributed by atoms with E-state index in [4.69, 9.17) is 4.74 Å². The normalized spacial score (nSPS) is 12.0. The number of halogens is 1. The molecule has 0 unspecified atom stereocenters. The van der Waals surface area contributed by atoms with Gasteiger partial charge in [0.05, 0.1) is 13.4 Å². The Bertz CT molecular complexity index is 803. The number of hydrogen-bond donors (Lipinski definition) is 0. The predicted molar refractivity (Wildman–Crippen MR) is 106 cm³/mol. The zero-order chi connectivity index (χ0) is 17.7. The van der Waals surface area contributed by atoms with Crippen LogP contribution in [0.4, 0.5) is 4.39 Å². The number of methoxy groups -OCH3 is 1. The fourth-order valence-corrected chi connectivity index (χ4v) is 6.89. The van der Waals surface area contributed by atoms with E-state index in [9.17, 15) is 4.39 Å². The van der Waals surface area contributed by atoms with Crippen molar-refractivity contribution in [1.29, 1.82) is 0 Å². The summed E-state index contributed by atoms with van der Waals surface area (Å²) >= 11 is 0. The van der Waals surface area contributed by atoms with Gasteiger partial charge in [0, 0.05) is 0 Å². The van der Waals surface area contributed by atoms with Gasteiger partial charge in [-0.15, -0.1) is 0 Å². The molecule has 0 amide bonds. The maximum absolute atomic E-state index is 14.2. The molecule has 25 heavy (non-hydrogen) atoms. The van der Waals surface area contributed by atoms with Crippen molar-refractivity contribution in [3.63, 3.8) is 0 Å². The van der Waals surface area contributed by atoms with Crippen LogP contribution in [0.25, 0.3) is 5.20 Å². The zero-order valence-corrected chi connectivity index (χ0v) is 15.4. The van der Waals surface area contributed by atoms with Gasteiger partial charge in [-0.1, -0.05) is 79.3 Å². The molecule has 3 rings (SSSR count). The van der Waals surface area contributed by atoms with E-state index >= 15 is 0 Å². The summed E-state index contributed by atoms with van der Waals surface area (Å²) < 4.78 is 19.5. The molecule has 0 saturated heterocycles. The quantitative estimate of drug-likeness (QED) is 0.620. The van der Waals surface area contributed by atoms with Crippen LogP contribution in [0.3, 0.4) is 0 Å². The van der Waals surface area contributed by atoms with Gasteiger partial charge in [0.15, 0.2) is 0 Å². The highest BCUT2D eigenvalue weighted by molar-refractivity contribution is 7.14. The first kappa shape index (κ1) is 17.2. The molecule has 0 aromatic heterocycles. The van der Waals surface area contributed by atoms with E-state index < -0.39 is 8.07 Å². The largest absolute Gasteiger partial charge is 0.497 e. The summed E-state index contributed by atoms with van der Waals surface area (Å²) in [5.41, 5.74) is 0.894. The number of rotatable bonds is 5. The van der Waals surface area contributed by atoms with Gasteiger partial charge in [-0.3, -0.25) is 0 Å². The first-order valence-electron chi connectivity index (χ1n) is 8.26. The summed E-state index contributed by atoms with van der Waals surface area (Å²) in [5, 5.41) is 3.12. The second-order valence-electron chi connectivity index (χ2n) is 6.11. The monoisotopic (exact) mass is 348 g/mol. The highest BCUT2D eigenvalue weighted by atomic mass is 28.3. The number of ether oxygens (including phenoxy) is 1. The van der Waals surface area contributed by atoms with E-state index in [2.05, 4.69) is 30.8 Å². The smallest absolute Gasteiger partial charge is 0.149 e. The third-order valence-corrected chi connectivity index (χ3v) is 9.20. The summed E-state index contributed by atoms with van der Waals surface area (Å²) in [6.45, 7) is 2.20. The lowest BCUT2D eigenvalue weighted by molar-refractivity contribution is 0.415. The van der Waals surface area contributed by atoms with Crippen LogP contribution < -0.4 is 15.1 Å². The van der Waals surface area contributed by atoms with Crippen LogP contribution in [0, 0.1) is 0 Å². The van der Waals surface area contributed by atoms with Gasteiger partial charge in [0.2, 0.25) is 0 Å². The summed E-state index contributed by atoms with van der Waals surface area (Å²) in [4.78, 5) is 0. The van der Waals surface area contributed by atoms with Gasteiger partial charge in [-0.2, -0.15) is 0 Å². The first-order chi connectivity index (χ1) is 12.2. The van der Waals surface area contributed by atoms with E-state index in [0.717, 1.165) is 22.8 Å². The predicted octanol–water partition coefficient (Wildman–Crippen LogP) is 4.44. The molecule has 0 atom stereocenters. The molecule has 0 fully saturated rings. The molecule has 126 valence electrons. The Morgan fingerprint density at radius 1 is 0.800 bits per heavy atom. The van der Waals surface area contributed by atoms with E-state index in [1.807, 2.05) is 60.7 Å². The molecule has 0 heterocycles. The second kappa shape index (κ2) is 7.49. The van der Waals surface area contributed by atoms with Crippen LogP contribution >= 0.6 is 0 Å². The Morgan fingerprint density at radius 3 is 1.68 bits per heavy atom. The molecule has 0 spiro atoms. The molecule has 3 aromatic rings. The van der Waals surface area contributed by atoms with Crippen LogP contribution in [0.5, 0.6) is 5.75 Å². The van der Waals surface area contributed by atoms with Crippen molar-refractivity contribution in [2.75, 3.05) is 7.11 Å². The van der Waals surface area contributed by atoms with Crippen LogP contribution in [0.15, 0.2) is 91.3 Å². The Hall–Kier alpha value is -2.65. The fourth-order valence-electron chi connectivity index (χ4n) is 3.25. The molecule has 0 saturated carbocycles. The Balaban J connectivity index is 2.19. The zero-order valence-electron chi connectivity index (χ0n) is 14.4. The third-order valence-electron chi connectivity index (χ3n) is 4.75. The molecule has 3 heteroatoms. The van der Waals surface area contributed by atoms with Crippen molar-refractivity contribution in [2.45, 2.75) is 6.55 Å². The molecule has 0 aliphatic carbocycles. The molecule has 0 bridgehead atoms. The molecular formula is C22H21FOSi. The molecular weight excluding hydrogens is 327 g/mol. The lowest BCUT2D eigenvalue weighted by Gasteiger charge is -2.31. The van der Waals surface area contributed by atoms with Crippen molar-refractivity contribution in [1.82, 2.24) is 0 Å². The van der Waals surface area contributed by atoms with E-state index in [1.54, 1.807) is 7.11 Å². The first-order valence-corrected chi connectivity index (χ1v) is 10.8. The van der Waals surface area contributed by atoms with Crippen molar-refractivity contribution in [3.05, 3.63) is 96.8 Å². The topological polar surface area (TPSA) is 9.23 Å². The van der Waals surface area contributed by atoms with E-state index in [1.165, 1.54) is 10.4 Å². The molecule has 3 aromatic carbocycles. The molecule has 1 nitrogen and oxygen atoms in total. The van der Waals surface area contributed by atoms with Gasteiger partial charge in [0.1, 0.15) is 13.8 Å². The number of benzene rings is 3. The molecule has 0 radical (unpaired) electrons. The van der Waals surface area contributed by atoms with Crippen molar-refractivity contribution in [2.24, 2.45) is 0 Å². The molecule has 0 N–H and O–H groups in total. The summed E-state index contributed by atoms with van der Waals surface area (Å²) in [6, 6.07) is 28.1. The maximum Gasteiger partial charge on any atom is 0.149 e.